The molecule has 2 unspecified atom stereocenters. The maximum Gasteiger partial charge on any atom is 0.124 e. The molecule has 0 spiro atoms. The number of halogens is 1. The van der Waals surface area contributed by atoms with E-state index >= 15 is 0 Å². The van der Waals surface area contributed by atoms with Crippen molar-refractivity contribution >= 4 is 21.7 Å². The number of hydrogen-bond donors (Lipinski definition) is 0. The third-order valence-corrected chi connectivity index (χ3v) is 7.82. The Balaban J connectivity index is 0.000000261. The van der Waals surface area contributed by atoms with E-state index in [0.717, 1.165) is 28.0 Å². The van der Waals surface area contributed by atoms with Crippen LogP contribution in [0.25, 0.3) is 0 Å². The number of likely N-dealkylation sites (tertiary alicyclic amines) is 1. The number of benzene rings is 3. The Hall–Kier alpha value is -2.44. The summed E-state index contributed by atoms with van der Waals surface area (Å²) in [6.07, 6.45) is 8.54. The molecule has 186 valence electrons. The molecule has 1 fully saturated rings. The molecule has 0 bridgehead atoms. The first-order chi connectivity index (χ1) is 16.7. The molecule has 1 aliphatic heterocycles. The van der Waals surface area contributed by atoms with Crippen molar-refractivity contribution in [1.82, 2.24) is 0 Å². The zero-order valence-corrected chi connectivity index (χ0v) is 21.8. The highest BCUT2D eigenvalue weighted by Crippen LogP contribution is 2.31. The van der Waals surface area contributed by atoms with Crippen LogP contribution >= 0.6 is 11.6 Å². The van der Waals surface area contributed by atoms with Crippen LogP contribution in [0.3, 0.4) is 0 Å². The fourth-order valence-electron chi connectivity index (χ4n) is 4.72. The molecule has 0 aromatic heterocycles. The van der Waals surface area contributed by atoms with Crippen molar-refractivity contribution in [2.45, 2.75) is 56.5 Å². The lowest BCUT2D eigenvalue weighted by molar-refractivity contribution is -0.916. The van der Waals surface area contributed by atoms with E-state index in [9.17, 15) is 13.0 Å². The first-order valence-electron chi connectivity index (χ1n) is 12.0. The second-order valence-electron chi connectivity index (χ2n) is 9.25. The first-order valence-corrected chi connectivity index (χ1v) is 13.8. The van der Waals surface area contributed by atoms with Crippen LogP contribution < -0.4 is 0 Å². The van der Waals surface area contributed by atoms with Gasteiger partial charge in [0.2, 0.25) is 0 Å². The van der Waals surface area contributed by atoms with Gasteiger partial charge in [-0.05, 0) is 62.6 Å². The molecule has 3 aromatic rings. The summed E-state index contributed by atoms with van der Waals surface area (Å²) in [7, 11) is -4.27. The largest absolute Gasteiger partial charge is 0.744 e. The third kappa shape index (κ3) is 8.04. The Morgan fingerprint density at radius 1 is 0.943 bits per heavy atom. The van der Waals surface area contributed by atoms with Crippen molar-refractivity contribution in [2.75, 3.05) is 6.54 Å². The van der Waals surface area contributed by atoms with Gasteiger partial charge in [0, 0.05) is 23.4 Å². The predicted octanol–water partition coefficient (Wildman–Crippen LogP) is 6.88. The highest BCUT2D eigenvalue weighted by molar-refractivity contribution is 7.85. The second kappa shape index (κ2) is 12.5. The summed E-state index contributed by atoms with van der Waals surface area (Å²) in [5.74, 6) is 0. The Morgan fingerprint density at radius 2 is 1.60 bits per heavy atom. The van der Waals surface area contributed by atoms with Crippen molar-refractivity contribution in [3.63, 3.8) is 0 Å². The van der Waals surface area contributed by atoms with Crippen molar-refractivity contribution < 1.29 is 17.5 Å². The van der Waals surface area contributed by atoms with Gasteiger partial charge in [0.1, 0.15) is 16.7 Å². The summed E-state index contributed by atoms with van der Waals surface area (Å²) < 4.78 is 32.1. The Kier molecular flexibility index (Phi) is 9.70. The summed E-state index contributed by atoms with van der Waals surface area (Å²) >= 11 is 6.06. The quantitative estimate of drug-likeness (QED) is 0.267. The Labute approximate surface area is 215 Å². The molecule has 4 rings (SSSR count). The third-order valence-electron chi connectivity index (χ3n) is 6.72. The molecule has 1 heterocycles. The van der Waals surface area contributed by atoms with Crippen molar-refractivity contribution in [2.24, 2.45) is 0 Å². The summed E-state index contributed by atoms with van der Waals surface area (Å²) in [6.45, 7) is 8.27. The molecule has 4 nitrogen and oxygen atoms in total. The van der Waals surface area contributed by atoms with Crippen LogP contribution in [0.1, 0.15) is 42.4 Å². The molecule has 3 aromatic carbocycles. The number of rotatable bonds is 6. The van der Waals surface area contributed by atoms with Crippen LogP contribution in [0.4, 0.5) is 0 Å². The average molecular weight is 512 g/mol. The van der Waals surface area contributed by atoms with E-state index in [1.165, 1.54) is 55.5 Å². The zero-order chi connectivity index (χ0) is 25.3. The van der Waals surface area contributed by atoms with E-state index in [1.807, 2.05) is 19.1 Å². The van der Waals surface area contributed by atoms with Gasteiger partial charge >= 0.3 is 0 Å². The zero-order valence-electron chi connectivity index (χ0n) is 20.3. The van der Waals surface area contributed by atoms with Gasteiger partial charge in [-0.1, -0.05) is 71.8 Å². The van der Waals surface area contributed by atoms with E-state index in [2.05, 4.69) is 55.2 Å². The van der Waals surface area contributed by atoms with E-state index in [0.29, 0.717) is 6.04 Å². The van der Waals surface area contributed by atoms with Crippen molar-refractivity contribution in [3.05, 3.63) is 113 Å². The minimum absolute atomic E-state index is 0.178. The molecule has 0 aliphatic carbocycles. The van der Waals surface area contributed by atoms with Crippen molar-refractivity contribution in [3.8, 4) is 0 Å². The average Bonchev–Trinajstić information content (AvgIpc) is 3.04. The van der Waals surface area contributed by atoms with Crippen LogP contribution in [0, 0.1) is 6.92 Å². The molecule has 1 aliphatic rings. The summed E-state index contributed by atoms with van der Waals surface area (Å²) in [6, 6.07) is 25.6. The maximum absolute atomic E-state index is 10.4. The number of nitrogens with zero attached hydrogens (tertiary/aromatic N) is 1. The maximum atomic E-state index is 10.4. The van der Waals surface area contributed by atoms with E-state index < -0.39 is 10.1 Å². The van der Waals surface area contributed by atoms with Gasteiger partial charge in [0.15, 0.2) is 0 Å². The molecular weight excluding hydrogens is 478 g/mol. The SMILES string of the molecule is C=C[N+]1(Cc2ccc(Cl)cc2)CCCCCC1Cc1ccccc1.Cc1ccc(S(=O)(=O)[O-])cc1. The van der Waals surface area contributed by atoms with Crippen LogP contribution in [0.2, 0.25) is 5.02 Å². The normalized spacial score (nSPS) is 20.3. The summed E-state index contributed by atoms with van der Waals surface area (Å²) in [4.78, 5) is -0.178. The van der Waals surface area contributed by atoms with Gasteiger partial charge < -0.3 is 4.55 Å². The minimum atomic E-state index is -4.27. The van der Waals surface area contributed by atoms with Gasteiger partial charge in [0.05, 0.1) is 23.7 Å². The standard InChI is InChI=1S/C22H27ClN.C7H8O3S/c1-2-24(18-20-12-14-21(23)15-13-20)16-8-4-7-11-22(24)17-19-9-5-3-6-10-19;1-6-2-4-7(5-3-6)11(8,9)10/h2-3,5-6,9-10,12-15,22H,1,4,7-8,11,16-18H2;2-5H,1H3,(H,8,9,10)/q+1;/p-1. The highest BCUT2D eigenvalue weighted by atomic mass is 35.5. The van der Waals surface area contributed by atoms with Gasteiger partial charge in [0.25, 0.3) is 0 Å². The minimum Gasteiger partial charge on any atom is -0.744 e. The molecule has 35 heavy (non-hydrogen) atoms. The Bertz CT molecular complexity index is 1180. The molecule has 6 heteroatoms. The van der Waals surface area contributed by atoms with Gasteiger partial charge in [-0.15, -0.1) is 0 Å². The lowest BCUT2D eigenvalue weighted by Crippen LogP contribution is -2.51. The van der Waals surface area contributed by atoms with E-state index in [-0.39, 0.29) is 4.90 Å². The monoisotopic (exact) mass is 511 g/mol. The van der Waals surface area contributed by atoms with E-state index in [1.54, 1.807) is 12.1 Å². The van der Waals surface area contributed by atoms with Gasteiger partial charge in [-0.25, -0.2) is 8.42 Å². The fourth-order valence-corrected chi connectivity index (χ4v) is 5.32. The Morgan fingerprint density at radius 3 is 2.20 bits per heavy atom. The van der Waals surface area contributed by atoms with Crippen molar-refractivity contribution in [1.29, 1.82) is 0 Å². The molecule has 0 saturated carbocycles. The second-order valence-corrected chi connectivity index (χ2v) is 11.1. The lowest BCUT2D eigenvalue weighted by atomic mass is 9.98. The van der Waals surface area contributed by atoms with Crippen LogP contribution in [0.15, 0.2) is 96.5 Å². The molecule has 0 amide bonds. The molecule has 1 saturated heterocycles. The van der Waals surface area contributed by atoms with E-state index in [4.69, 9.17) is 11.6 Å². The highest BCUT2D eigenvalue weighted by Gasteiger charge is 2.36. The number of quaternary nitrogens is 1. The summed E-state index contributed by atoms with van der Waals surface area (Å²) in [5, 5.41) is 0.806. The molecule has 2 atom stereocenters. The molecular formula is C29H34ClNO3S. The van der Waals surface area contributed by atoms with Crippen LogP contribution in [0.5, 0.6) is 0 Å². The smallest absolute Gasteiger partial charge is 0.124 e. The number of aryl methyl sites for hydroxylation is 1. The first kappa shape index (κ1) is 27.2. The van der Waals surface area contributed by atoms with Crippen LogP contribution in [-0.2, 0) is 23.1 Å². The van der Waals surface area contributed by atoms with Gasteiger partial charge in [-0.3, -0.25) is 4.48 Å². The topological polar surface area (TPSA) is 57.2 Å². The molecule has 0 radical (unpaired) electrons. The molecule has 0 N–H and O–H groups in total. The summed E-state index contributed by atoms with van der Waals surface area (Å²) in [5.41, 5.74) is 3.71. The van der Waals surface area contributed by atoms with Gasteiger partial charge in [-0.2, -0.15) is 0 Å². The number of hydrogen-bond acceptors (Lipinski definition) is 3. The van der Waals surface area contributed by atoms with Crippen LogP contribution in [-0.4, -0.2) is 30.0 Å². The fraction of sp³-hybridized carbons (Fsp3) is 0.310. The predicted molar refractivity (Wildman–Crippen MR) is 142 cm³/mol. The lowest BCUT2D eigenvalue weighted by Gasteiger charge is -2.41.